The minimum absolute atomic E-state index is 0.191. The average Bonchev–Trinajstić information content (AvgIpc) is 3.24. The number of amides is 1. The molecular formula is C15H19N7O. The summed E-state index contributed by atoms with van der Waals surface area (Å²) in [6.07, 6.45) is 8.19. The quantitative estimate of drug-likeness (QED) is 0.873. The van der Waals surface area contributed by atoms with Crippen molar-refractivity contribution in [2.24, 2.45) is 0 Å². The van der Waals surface area contributed by atoms with Crippen molar-refractivity contribution in [1.82, 2.24) is 30.5 Å². The van der Waals surface area contributed by atoms with E-state index in [0.29, 0.717) is 17.5 Å². The van der Waals surface area contributed by atoms with Gasteiger partial charge >= 0.3 is 0 Å². The van der Waals surface area contributed by atoms with E-state index in [1.54, 1.807) is 12.3 Å². The molecule has 2 fully saturated rings. The van der Waals surface area contributed by atoms with Crippen molar-refractivity contribution in [2.75, 3.05) is 18.0 Å². The van der Waals surface area contributed by atoms with Gasteiger partial charge in [-0.25, -0.2) is 15.0 Å². The van der Waals surface area contributed by atoms with Crippen LogP contribution in [0.15, 0.2) is 18.6 Å². The van der Waals surface area contributed by atoms with E-state index in [1.165, 1.54) is 6.33 Å². The molecule has 3 heterocycles. The number of aromatic amines is 1. The molecule has 1 aliphatic carbocycles. The van der Waals surface area contributed by atoms with E-state index in [9.17, 15) is 4.79 Å². The maximum absolute atomic E-state index is 12.6. The van der Waals surface area contributed by atoms with Crippen molar-refractivity contribution in [2.45, 2.75) is 37.6 Å². The zero-order valence-corrected chi connectivity index (χ0v) is 12.8. The van der Waals surface area contributed by atoms with Gasteiger partial charge in [-0.3, -0.25) is 9.89 Å². The van der Waals surface area contributed by atoms with Gasteiger partial charge in [0.05, 0.1) is 5.54 Å². The molecule has 1 aliphatic heterocycles. The Balaban J connectivity index is 1.54. The van der Waals surface area contributed by atoms with Crippen LogP contribution < -0.4 is 10.2 Å². The molecule has 8 nitrogen and oxygen atoms in total. The first-order valence-corrected chi connectivity index (χ1v) is 8.03. The summed E-state index contributed by atoms with van der Waals surface area (Å²) < 4.78 is 0. The molecule has 0 bridgehead atoms. The maximum Gasteiger partial charge on any atom is 0.270 e. The van der Waals surface area contributed by atoms with Crippen LogP contribution in [0, 0.1) is 0 Å². The highest BCUT2D eigenvalue weighted by molar-refractivity contribution is 5.93. The molecule has 1 saturated carbocycles. The van der Waals surface area contributed by atoms with E-state index in [-0.39, 0.29) is 5.91 Å². The first kappa shape index (κ1) is 14.1. The van der Waals surface area contributed by atoms with E-state index in [0.717, 1.165) is 45.2 Å². The lowest BCUT2D eigenvalue weighted by Gasteiger charge is -2.40. The monoisotopic (exact) mass is 313 g/mol. The smallest absolute Gasteiger partial charge is 0.270 e. The minimum atomic E-state index is -0.438. The third kappa shape index (κ3) is 2.54. The Bertz CT molecular complexity index is 690. The average molecular weight is 313 g/mol. The number of hydrogen-bond acceptors (Lipinski definition) is 6. The Morgan fingerprint density at radius 3 is 2.70 bits per heavy atom. The highest BCUT2D eigenvalue weighted by Crippen LogP contribution is 2.39. The molecule has 2 aliphatic rings. The molecule has 23 heavy (non-hydrogen) atoms. The summed E-state index contributed by atoms with van der Waals surface area (Å²) in [7, 11) is 0. The van der Waals surface area contributed by atoms with Crippen LogP contribution in [0.3, 0.4) is 0 Å². The zero-order valence-electron chi connectivity index (χ0n) is 12.8. The number of carbonyl (C=O) groups excluding carboxylic acids is 1. The molecule has 0 radical (unpaired) electrons. The number of carbonyl (C=O) groups is 1. The van der Waals surface area contributed by atoms with E-state index in [4.69, 9.17) is 0 Å². The summed E-state index contributed by atoms with van der Waals surface area (Å²) in [5.74, 6) is 1.16. The van der Waals surface area contributed by atoms with Gasteiger partial charge in [0, 0.05) is 19.3 Å². The normalized spacial score (nSPS) is 19.4. The molecule has 4 rings (SSSR count). The van der Waals surface area contributed by atoms with E-state index in [1.807, 2.05) is 0 Å². The molecule has 0 atom stereocenters. The van der Waals surface area contributed by atoms with Crippen molar-refractivity contribution in [1.29, 1.82) is 0 Å². The number of rotatable bonds is 4. The lowest BCUT2D eigenvalue weighted by Crippen LogP contribution is -2.51. The summed E-state index contributed by atoms with van der Waals surface area (Å²) in [4.78, 5) is 27.7. The van der Waals surface area contributed by atoms with Crippen LogP contribution in [0.25, 0.3) is 0 Å². The summed E-state index contributed by atoms with van der Waals surface area (Å²) in [6, 6.07) is 1.65. The SMILES string of the molecule is O=C(NC1(c2ncn[nH]2)CCC1)c1ccnc(N2CCCC2)n1. The predicted molar refractivity (Wildman–Crippen MR) is 82.9 cm³/mol. The number of nitrogens with zero attached hydrogens (tertiary/aromatic N) is 5. The highest BCUT2D eigenvalue weighted by Gasteiger charge is 2.43. The summed E-state index contributed by atoms with van der Waals surface area (Å²) in [5, 5.41) is 9.86. The number of anilines is 1. The van der Waals surface area contributed by atoms with Gasteiger partial charge in [0.1, 0.15) is 17.8 Å². The van der Waals surface area contributed by atoms with Gasteiger partial charge in [0.2, 0.25) is 5.95 Å². The van der Waals surface area contributed by atoms with Gasteiger partial charge in [0.15, 0.2) is 0 Å². The van der Waals surface area contributed by atoms with E-state index < -0.39 is 5.54 Å². The van der Waals surface area contributed by atoms with Gasteiger partial charge in [-0.15, -0.1) is 0 Å². The molecule has 2 aromatic heterocycles. The van der Waals surface area contributed by atoms with Crippen LogP contribution in [-0.4, -0.2) is 44.1 Å². The topological polar surface area (TPSA) is 99.7 Å². The van der Waals surface area contributed by atoms with Crippen LogP contribution in [0.1, 0.15) is 48.4 Å². The zero-order chi connectivity index (χ0) is 15.7. The molecule has 1 amide bonds. The van der Waals surface area contributed by atoms with E-state index in [2.05, 4.69) is 35.4 Å². The Labute approximate surface area is 133 Å². The second-order valence-corrected chi connectivity index (χ2v) is 6.16. The molecule has 120 valence electrons. The number of H-pyrrole nitrogens is 1. The Morgan fingerprint density at radius 2 is 2.04 bits per heavy atom. The minimum Gasteiger partial charge on any atom is -0.341 e. The summed E-state index contributed by atoms with van der Waals surface area (Å²) >= 11 is 0. The van der Waals surface area contributed by atoms with E-state index >= 15 is 0 Å². The van der Waals surface area contributed by atoms with Gasteiger partial charge in [-0.2, -0.15) is 5.10 Å². The van der Waals surface area contributed by atoms with Crippen LogP contribution in [0.5, 0.6) is 0 Å². The van der Waals surface area contributed by atoms with Gasteiger partial charge in [-0.1, -0.05) is 0 Å². The van der Waals surface area contributed by atoms with Crippen LogP contribution in [0.2, 0.25) is 0 Å². The molecule has 0 aromatic carbocycles. The first-order valence-electron chi connectivity index (χ1n) is 8.03. The lowest BCUT2D eigenvalue weighted by atomic mass is 9.76. The molecule has 0 spiro atoms. The number of hydrogen-bond donors (Lipinski definition) is 2. The van der Waals surface area contributed by atoms with Gasteiger partial charge in [-0.05, 0) is 38.2 Å². The number of nitrogens with one attached hydrogen (secondary N) is 2. The third-order valence-corrected chi connectivity index (χ3v) is 4.69. The van der Waals surface area contributed by atoms with Crippen molar-refractivity contribution >= 4 is 11.9 Å². The van der Waals surface area contributed by atoms with Crippen molar-refractivity contribution in [3.8, 4) is 0 Å². The summed E-state index contributed by atoms with van der Waals surface area (Å²) in [5.41, 5.74) is -0.0421. The molecular weight excluding hydrogens is 294 g/mol. The highest BCUT2D eigenvalue weighted by atomic mass is 16.2. The fourth-order valence-corrected chi connectivity index (χ4v) is 3.21. The molecule has 2 aromatic rings. The fraction of sp³-hybridized carbons (Fsp3) is 0.533. The number of aromatic nitrogens is 5. The van der Waals surface area contributed by atoms with Gasteiger partial charge in [0.25, 0.3) is 5.91 Å². The van der Waals surface area contributed by atoms with Crippen LogP contribution in [-0.2, 0) is 5.54 Å². The lowest BCUT2D eigenvalue weighted by molar-refractivity contribution is 0.0804. The summed E-state index contributed by atoms with van der Waals surface area (Å²) in [6.45, 7) is 1.90. The fourth-order valence-electron chi connectivity index (χ4n) is 3.21. The van der Waals surface area contributed by atoms with Gasteiger partial charge < -0.3 is 10.2 Å². The first-order chi connectivity index (χ1) is 11.3. The Morgan fingerprint density at radius 1 is 1.22 bits per heavy atom. The Kier molecular flexibility index (Phi) is 3.44. The predicted octanol–water partition coefficient (Wildman–Crippen LogP) is 1.00. The largest absolute Gasteiger partial charge is 0.341 e. The van der Waals surface area contributed by atoms with Crippen molar-refractivity contribution in [3.63, 3.8) is 0 Å². The van der Waals surface area contributed by atoms with Crippen molar-refractivity contribution < 1.29 is 4.79 Å². The standard InChI is InChI=1S/C15H19N7O/c23-12(20-15(5-3-6-15)13-17-10-18-21-13)11-4-7-16-14(19-11)22-8-1-2-9-22/h4,7,10H,1-3,5-6,8-9H2,(H,20,23)(H,17,18,21). The van der Waals surface area contributed by atoms with Crippen LogP contribution in [0.4, 0.5) is 5.95 Å². The molecule has 2 N–H and O–H groups in total. The molecule has 1 saturated heterocycles. The third-order valence-electron chi connectivity index (χ3n) is 4.69. The van der Waals surface area contributed by atoms with Crippen molar-refractivity contribution in [3.05, 3.63) is 30.1 Å². The molecule has 8 heteroatoms. The Hall–Kier alpha value is -2.51. The second-order valence-electron chi connectivity index (χ2n) is 6.16. The molecule has 0 unspecified atom stereocenters. The second kappa shape index (κ2) is 5.60. The van der Waals surface area contributed by atoms with Crippen LogP contribution >= 0.6 is 0 Å². The maximum atomic E-state index is 12.6.